The lowest BCUT2D eigenvalue weighted by atomic mass is 9.94. The van der Waals surface area contributed by atoms with Gasteiger partial charge in [0.15, 0.2) is 0 Å². The molecule has 0 saturated carbocycles. The van der Waals surface area contributed by atoms with Gasteiger partial charge in [0, 0.05) is 24.6 Å². The van der Waals surface area contributed by atoms with Crippen LogP contribution in [-0.4, -0.2) is 33.0 Å². The molecule has 0 fully saturated rings. The Morgan fingerprint density at radius 2 is 1.80 bits per heavy atom. The van der Waals surface area contributed by atoms with Crippen LogP contribution in [-0.2, 0) is 9.84 Å². The molecule has 1 unspecified atom stereocenters. The number of benzene rings is 1. The third-order valence-electron chi connectivity index (χ3n) is 3.18. The van der Waals surface area contributed by atoms with Crippen LogP contribution in [0.2, 0.25) is 0 Å². The number of sulfone groups is 1. The van der Waals surface area contributed by atoms with Crippen molar-refractivity contribution in [3.05, 3.63) is 35.6 Å². The first-order valence-corrected chi connectivity index (χ1v) is 9.00. The molecular formula is C15H24FNO2S. The third kappa shape index (κ3) is 7.01. The molecule has 5 heteroatoms. The lowest BCUT2D eigenvalue weighted by Gasteiger charge is -2.19. The van der Waals surface area contributed by atoms with Crippen LogP contribution in [0.1, 0.15) is 38.2 Å². The van der Waals surface area contributed by atoms with Crippen molar-refractivity contribution in [2.24, 2.45) is 0 Å². The van der Waals surface area contributed by atoms with Gasteiger partial charge in [-0.15, -0.1) is 0 Å². The molecule has 0 aromatic heterocycles. The van der Waals surface area contributed by atoms with Crippen LogP contribution in [0.5, 0.6) is 0 Å². The fraction of sp³-hybridized carbons (Fsp3) is 0.600. The summed E-state index contributed by atoms with van der Waals surface area (Å²) in [5, 5.41) is 3.36. The Morgan fingerprint density at radius 3 is 2.30 bits per heavy atom. The van der Waals surface area contributed by atoms with E-state index in [-0.39, 0.29) is 17.5 Å². The van der Waals surface area contributed by atoms with Crippen molar-refractivity contribution in [2.45, 2.75) is 38.6 Å². The molecule has 0 saturated heterocycles. The van der Waals surface area contributed by atoms with E-state index in [0.29, 0.717) is 12.5 Å². The fourth-order valence-corrected chi connectivity index (χ4v) is 2.78. The zero-order chi connectivity index (χ0) is 15.2. The zero-order valence-corrected chi connectivity index (χ0v) is 13.2. The largest absolute Gasteiger partial charge is 0.314 e. The van der Waals surface area contributed by atoms with Crippen LogP contribution in [0.15, 0.2) is 24.3 Å². The Labute approximate surface area is 121 Å². The van der Waals surface area contributed by atoms with E-state index in [9.17, 15) is 12.8 Å². The molecule has 1 aromatic carbocycles. The number of hydrogen-bond acceptors (Lipinski definition) is 3. The Morgan fingerprint density at radius 1 is 1.20 bits per heavy atom. The highest BCUT2D eigenvalue weighted by molar-refractivity contribution is 7.90. The lowest BCUT2D eigenvalue weighted by molar-refractivity contribution is 0.502. The highest BCUT2D eigenvalue weighted by Crippen LogP contribution is 2.21. The summed E-state index contributed by atoms with van der Waals surface area (Å²) in [6, 6.07) is 6.83. The molecule has 0 amide bonds. The predicted molar refractivity (Wildman–Crippen MR) is 81.2 cm³/mol. The first kappa shape index (κ1) is 17.1. The minimum Gasteiger partial charge on any atom is -0.314 e. The Bertz CT molecular complexity index is 497. The molecule has 114 valence electrons. The van der Waals surface area contributed by atoms with Crippen molar-refractivity contribution in [3.63, 3.8) is 0 Å². The number of rotatable bonds is 8. The average Bonchev–Trinajstić information content (AvgIpc) is 2.33. The van der Waals surface area contributed by atoms with Gasteiger partial charge in [-0.1, -0.05) is 26.0 Å². The molecular weight excluding hydrogens is 277 g/mol. The highest BCUT2D eigenvalue weighted by atomic mass is 32.2. The Balaban J connectivity index is 2.66. The van der Waals surface area contributed by atoms with Crippen LogP contribution < -0.4 is 5.32 Å². The summed E-state index contributed by atoms with van der Waals surface area (Å²) in [5.41, 5.74) is 1.05. The van der Waals surface area contributed by atoms with E-state index in [1.54, 1.807) is 12.1 Å². The first-order valence-electron chi connectivity index (χ1n) is 6.94. The van der Waals surface area contributed by atoms with Crippen LogP contribution in [0.3, 0.4) is 0 Å². The molecule has 20 heavy (non-hydrogen) atoms. The summed E-state index contributed by atoms with van der Waals surface area (Å²) in [5.74, 6) is 0.159. The molecule has 0 bridgehead atoms. The van der Waals surface area contributed by atoms with E-state index in [4.69, 9.17) is 0 Å². The highest BCUT2D eigenvalue weighted by Gasteiger charge is 2.13. The quantitative estimate of drug-likeness (QED) is 0.803. The summed E-state index contributed by atoms with van der Waals surface area (Å²) in [6.07, 6.45) is 2.66. The normalized spacial score (nSPS) is 13.7. The maximum absolute atomic E-state index is 13.0. The molecule has 0 aliphatic rings. The van der Waals surface area contributed by atoms with Gasteiger partial charge in [0.1, 0.15) is 15.7 Å². The van der Waals surface area contributed by atoms with Crippen LogP contribution in [0.4, 0.5) is 4.39 Å². The maximum Gasteiger partial charge on any atom is 0.147 e. The van der Waals surface area contributed by atoms with E-state index >= 15 is 0 Å². The molecule has 1 N–H and O–H groups in total. The summed E-state index contributed by atoms with van der Waals surface area (Å²) in [4.78, 5) is 0. The minimum atomic E-state index is -2.92. The van der Waals surface area contributed by atoms with Crippen molar-refractivity contribution in [1.29, 1.82) is 0 Å². The molecule has 0 aliphatic heterocycles. The molecule has 1 atom stereocenters. The second kappa shape index (κ2) is 7.74. The van der Waals surface area contributed by atoms with Gasteiger partial charge in [0.25, 0.3) is 0 Å². The SMILES string of the molecule is CC(C)NCC(CCCS(C)(=O)=O)c1ccc(F)cc1. The zero-order valence-electron chi connectivity index (χ0n) is 12.4. The second-order valence-corrected chi connectivity index (χ2v) is 7.84. The molecule has 1 aromatic rings. The summed E-state index contributed by atoms with van der Waals surface area (Å²) < 4.78 is 35.4. The molecule has 0 spiro atoms. The molecule has 0 radical (unpaired) electrons. The van der Waals surface area contributed by atoms with Crippen molar-refractivity contribution < 1.29 is 12.8 Å². The van der Waals surface area contributed by atoms with Crippen molar-refractivity contribution in [3.8, 4) is 0 Å². The average molecular weight is 301 g/mol. The molecule has 1 rings (SSSR count). The Kier molecular flexibility index (Phi) is 6.62. The summed E-state index contributed by atoms with van der Waals surface area (Å²) in [6.45, 7) is 4.91. The van der Waals surface area contributed by atoms with Gasteiger partial charge in [-0.05, 0) is 36.5 Å². The fourth-order valence-electron chi connectivity index (χ4n) is 2.09. The predicted octanol–water partition coefficient (Wildman–Crippen LogP) is 2.73. The van der Waals surface area contributed by atoms with Crippen LogP contribution >= 0.6 is 0 Å². The topological polar surface area (TPSA) is 46.2 Å². The number of hydrogen-bond donors (Lipinski definition) is 1. The van der Waals surface area contributed by atoms with E-state index in [2.05, 4.69) is 19.2 Å². The van der Waals surface area contributed by atoms with Crippen molar-refractivity contribution >= 4 is 9.84 Å². The van der Waals surface area contributed by atoms with Gasteiger partial charge >= 0.3 is 0 Å². The maximum atomic E-state index is 13.0. The minimum absolute atomic E-state index is 0.201. The van der Waals surface area contributed by atoms with Crippen LogP contribution in [0, 0.1) is 5.82 Å². The van der Waals surface area contributed by atoms with E-state index in [1.807, 2.05) is 0 Å². The standard InChI is InChI=1S/C15H24FNO2S/c1-12(2)17-11-14(5-4-10-20(3,18)19)13-6-8-15(16)9-7-13/h6-9,12,14,17H,4-5,10-11H2,1-3H3. The summed E-state index contributed by atoms with van der Waals surface area (Å²) in [7, 11) is -2.92. The van der Waals surface area contributed by atoms with Gasteiger partial charge in [0.05, 0.1) is 0 Å². The molecule has 3 nitrogen and oxygen atoms in total. The van der Waals surface area contributed by atoms with Gasteiger partial charge in [-0.2, -0.15) is 0 Å². The number of nitrogens with one attached hydrogen (secondary N) is 1. The van der Waals surface area contributed by atoms with Gasteiger partial charge in [-0.25, -0.2) is 12.8 Å². The van der Waals surface area contributed by atoms with Gasteiger partial charge in [0.2, 0.25) is 0 Å². The van der Waals surface area contributed by atoms with E-state index < -0.39 is 9.84 Å². The summed E-state index contributed by atoms with van der Waals surface area (Å²) >= 11 is 0. The van der Waals surface area contributed by atoms with Crippen LogP contribution in [0.25, 0.3) is 0 Å². The smallest absolute Gasteiger partial charge is 0.147 e. The molecule has 0 aliphatic carbocycles. The second-order valence-electron chi connectivity index (χ2n) is 5.58. The van der Waals surface area contributed by atoms with Gasteiger partial charge in [-0.3, -0.25) is 0 Å². The van der Waals surface area contributed by atoms with Crippen molar-refractivity contribution in [1.82, 2.24) is 5.32 Å². The number of halogens is 1. The van der Waals surface area contributed by atoms with Gasteiger partial charge < -0.3 is 5.32 Å². The monoisotopic (exact) mass is 301 g/mol. The molecule has 0 heterocycles. The van der Waals surface area contributed by atoms with Crippen molar-refractivity contribution in [2.75, 3.05) is 18.6 Å². The van der Waals surface area contributed by atoms with E-state index in [0.717, 1.165) is 18.5 Å². The lowest BCUT2D eigenvalue weighted by Crippen LogP contribution is -2.28. The third-order valence-corrected chi connectivity index (χ3v) is 4.21. The Hall–Kier alpha value is -0.940. The first-order chi connectivity index (χ1) is 9.28. The van der Waals surface area contributed by atoms with E-state index in [1.165, 1.54) is 18.4 Å².